The SMILES string of the molecule is CC(C)(c1ccccc1)c1ccc2[nH]c3ccc(C(C)(C)c4ccccc4)cc3[p+](=O)c2c1. The normalized spacial score (nSPS) is 12.4. The fourth-order valence-corrected chi connectivity index (χ4v) is 6.18. The Morgan fingerprint density at radius 2 is 0.939 bits per heavy atom. The third-order valence-electron chi connectivity index (χ3n) is 7.14. The Labute approximate surface area is 196 Å². The van der Waals surface area contributed by atoms with Gasteiger partial charge < -0.3 is 4.98 Å². The van der Waals surface area contributed by atoms with Crippen molar-refractivity contribution >= 4 is 28.7 Å². The molecule has 0 fully saturated rings. The van der Waals surface area contributed by atoms with Crippen LogP contribution in [0.15, 0.2) is 97.1 Å². The highest BCUT2D eigenvalue weighted by Crippen LogP contribution is 2.41. The molecule has 0 spiro atoms. The number of hydrogen-bond donors (Lipinski definition) is 1. The summed E-state index contributed by atoms with van der Waals surface area (Å²) in [4.78, 5) is 3.52. The average molecular weight is 451 g/mol. The minimum atomic E-state index is -1.70. The maximum atomic E-state index is 13.8. The highest BCUT2D eigenvalue weighted by atomic mass is 31.1. The van der Waals surface area contributed by atoms with Crippen LogP contribution in [0.3, 0.4) is 0 Å². The standard InChI is InChI=1S/C30H29NOP/c1-29(2,21-11-7-5-8-12-21)23-15-17-25-27(19-23)33(32)28-20-24(16-18-26(28)31-25)30(3,4)22-13-9-6-10-14-22/h5-20H,1-4H3,(H,31,32)/q+1. The molecule has 0 unspecified atom stereocenters. The summed E-state index contributed by atoms with van der Waals surface area (Å²) in [6.07, 6.45) is 0. The molecule has 0 amide bonds. The van der Waals surface area contributed by atoms with Gasteiger partial charge in [0.2, 0.25) is 10.2 Å². The molecule has 2 nitrogen and oxygen atoms in total. The molecule has 1 N–H and O–H groups in total. The van der Waals surface area contributed by atoms with Crippen molar-refractivity contribution in [3.63, 3.8) is 0 Å². The van der Waals surface area contributed by atoms with E-state index in [1.807, 2.05) is 12.1 Å². The average Bonchev–Trinajstić information content (AvgIpc) is 2.85. The first-order valence-corrected chi connectivity index (χ1v) is 12.7. The minimum absolute atomic E-state index is 0.177. The lowest BCUT2D eigenvalue weighted by Gasteiger charge is -2.26. The Morgan fingerprint density at radius 3 is 1.33 bits per heavy atom. The van der Waals surface area contributed by atoms with Crippen molar-refractivity contribution in [1.82, 2.24) is 4.98 Å². The molecule has 33 heavy (non-hydrogen) atoms. The predicted octanol–water partition coefficient (Wildman–Crippen LogP) is 8.72. The van der Waals surface area contributed by atoms with Gasteiger partial charge in [0.15, 0.2) is 0 Å². The number of aromatic nitrogens is 1. The molecule has 0 saturated carbocycles. The third kappa shape index (κ3) is 3.69. The minimum Gasteiger partial charge on any atom is -0.348 e. The maximum absolute atomic E-state index is 13.8. The summed E-state index contributed by atoms with van der Waals surface area (Å²) < 4.78 is 13.8. The molecule has 0 aliphatic carbocycles. The molecule has 4 aromatic carbocycles. The van der Waals surface area contributed by atoms with Crippen LogP contribution in [0.2, 0.25) is 0 Å². The zero-order valence-corrected chi connectivity index (χ0v) is 20.5. The lowest BCUT2D eigenvalue weighted by Crippen LogP contribution is -2.18. The number of rotatable bonds is 4. The van der Waals surface area contributed by atoms with Crippen LogP contribution in [-0.4, -0.2) is 4.98 Å². The van der Waals surface area contributed by atoms with Crippen LogP contribution in [0.25, 0.3) is 21.3 Å². The molecule has 3 heteroatoms. The van der Waals surface area contributed by atoms with Gasteiger partial charge >= 0.3 is 7.41 Å². The number of hydrogen-bond acceptors (Lipinski definition) is 1. The number of nitrogens with one attached hydrogen (secondary N) is 1. The number of benzene rings is 4. The van der Waals surface area contributed by atoms with Gasteiger partial charge in [-0.15, -0.1) is 0 Å². The van der Waals surface area contributed by atoms with Crippen molar-refractivity contribution in [2.24, 2.45) is 0 Å². The van der Waals surface area contributed by atoms with Crippen LogP contribution in [-0.2, 0) is 15.4 Å². The van der Waals surface area contributed by atoms with Crippen molar-refractivity contribution in [2.75, 3.05) is 0 Å². The Hall–Kier alpha value is -3.22. The van der Waals surface area contributed by atoms with E-state index in [2.05, 4.69) is 118 Å². The molecule has 0 aliphatic heterocycles. The predicted molar refractivity (Wildman–Crippen MR) is 141 cm³/mol. The quantitative estimate of drug-likeness (QED) is 0.273. The summed E-state index contributed by atoms with van der Waals surface area (Å²) in [7, 11) is -1.70. The third-order valence-corrected chi connectivity index (χ3v) is 8.75. The van der Waals surface area contributed by atoms with E-state index in [4.69, 9.17) is 0 Å². The molecular formula is C30H29NOP+. The first-order chi connectivity index (χ1) is 15.8. The van der Waals surface area contributed by atoms with Crippen LogP contribution >= 0.6 is 7.41 Å². The van der Waals surface area contributed by atoms with Gasteiger partial charge in [-0.05, 0) is 46.5 Å². The second-order valence-electron chi connectivity index (χ2n) is 9.87. The Kier molecular flexibility index (Phi) is 5.22. The number of aromatic amines is 1. The summed E-state index contributed by atoms with van der Waals surface area (Å²) in [5.41, 5.74) is 6.35. The monoisotopic (exact) mass is 450 g/mol. The van der Waals surface area contributed by atoms with Gasteiger partial charge in [-0.1, -0.05) is 105 Å². The Morgan fingerprint density at radius 1 is 0.545 bits per heavy atom. The summed E-state index contributed by atoms with van der Waals surface area (Å²) in [5, 5.41) is 1.77. The maximum Gasteiger partial charge on any atom is 0.419 e. The first kappa shape index (κ1) is 21.6. The van der Waals surface area contributed by atoms with E-state index < -0.39 is 7.41 Å². The Balaban J connectivity index is 1.68. The molecule has 164 valence electrons. The molecule has 0 radical (unpaired) electrons. The molecule has 0 atom stereocenters. The zero-order valence-electron chi connectivity index (χ0n) is 19.6. The summed E-state index contributed by atoms with van der Waals surface area (Å²) in [5.74, 6) is 0. The molecule has 1 aromatic heterocycles. The lowest BCUT2D eigenvalue weighted by atomic mass is 9.78. The van der Waals surface area contributed by atoms with Gasteiger partial charge in [-0.3, -0.25) is 0 Å². The van der Waals surface area contributed by atoms with Crippen LogP contribution in [0.4, 0.5) is 0 Å². The van der Waals surface area contributed by atoms with Crippen LogP contribution in [0.1, 0.15) is 49.9 Å². The smallest absolute Gasteiger partial charge is 0.348 e. The first-order valence-electron chi connectivity index (χ1n) is 11.4. The highest BCUT2D eigenvalue weighted by Gasteiger charge is 2.28. The zero-order chi connectivity index (χ0) is 23.2. The van der Waals surface area contributed by atoms with Crippen molar-refractivity contribution in [3.8, 4) is 0 Å². The van der Waals surface area contributed by atoms with Crippen LogP contribution in [0.5, 0.6) is 0 Å². The van der Waals surface area contributed by atoms with Crippen molar-refractivity contribution in [3.05, 3.63) is 119 Å². The fraction of sp³-hybridized carbons (Fsp3) is 0.200. The largest absolute Gasteiger partial charge is 0.419 e. The van der Waals surface area contributed by atoms with Crippen molar-refractivity contribution in [2.45, 2.75) is 38.5 Å². The number of fused-ring (bicyclic) bond motifs is 2. The van der Waals surface area contributed by atoms with Crippen LogP contribution < -0.4 is 0 Å². The lowest BCUT2D eigenvalue weighted by molar-refractivity contribution is 0.602. The highest BCUT2D eigenvalue weighted by molar-refractivity contribution is 7.48. The molecule has 5 rings (SSSR count). The van der Waals surface area contributed by atoms with Crippen molar-refractivity contribution < 1.29 is 4.57 Å². The van der Waals surface area contributed by atoms with E-state index in [9.17, 15) is 4.57 Å². The second kappa shape index (κ2) is 7.97. The second-order valence-corrected chi connectivity index (χ2v) is 11.4. The van der Waals surface area contributed by atoms with Gasteiger partial charge in [0.05, 0.1) is 11.0 Å². The number of H-pyrrole nitrogens is 1. The molecule has 0 saturated heterocycles. The van der Waals surface area contributed by atoms with Crippen molar-refractivity contribution in [1.29, 1.82) is 0 Å². The van der Waals surface area contributed by atoms with Gasteiger partial charge in [-0.25, -0.2) is 0 Å². The van der Waals surface area contributed by atoms with Crippen LogP contribution in [0, 0.1) is 0 Å². The summed E-state index contributed by atoms with van der Waals surface area (Å²) >= 11 is 0. The van der Waals surface area contributed by atoms with E-state index >= 15 is 0 Å². The van der Waals surface area contributed by atoms with Gasteiger partial charge in [0.1, 0.15) is 0 Å². The van der Waals surface area contributed by atoms with E-state index in [0.29, 0.717) is 0 Å². The summed E-state index contributed by atoms with van der Waals surface area (Å²) in [6, 6.07) is 33.7. The van der Waals surface area contributed by atoms with E-state index in [0.717, 1.165) is 21.3 Å². The fourth-order valence-electron chi connectivity index (χ4n) is 4.71. The summed E-state index contributed by atoms with van der Waals surface area (Å²) in [6.45, 7) is 8.90. The Bertz CT molecular complexity index is 1400. The topological polar surface area (TPSA) is 32.9 Å². The van der Waals surface area contributed by atoms with E-state index in [1.165, 1.54) is 22.3 Å². The van der Waals surface area contributed by atoms with E-state index in [-0.39, 0.29) is 10.8 Å². The molecule has 1 heterocycles. The molecule has 5 aromatic rings. The van der Waals surface area contributed by atoms with Gasteiger partial charge in [0.25, 0.3) is 0 Å². The molecular weight excluding hydrogens is 421 g/mol. The molecule has 0 bridgehead atoms. The molecule has 0 aliphatic rings. The van der Waals surface area contributed by atoms with E-state index in [1.54, 1.807) is 0 Å². The van der Waals surface area contributed by atoms with Gasteiger partial charge in [0, 0.05) is 10.8 Å². The van der Waals surface area contributed by atoms with Gasteiger partial charge in [-0.2, -0.15) is 0 Å².